The highest BCUT2D eigenvalue weighted by atomic mass is 16.5. The normalized spacial score (nSPS) is 13.6. The molecule has 0 bridgehead atoms. The summed E-state index contributed by atoms with van der Waals surface area (Å²) in [6.45, 7) is 3.23. The molecule has 5 nitrogen and oxygen atoms in total. The van der Waals surface area contributed by atoms with Gasteiger partial charge in [-0.3, -0.25) is 0 Å². The van der Waals surface area contributed by atoms with Crippen LogP contribution in [0.1, 0.15) is 11.1 Å². The van der Waals surface area contributed by atoms with Crippen molar-refractivity contribution < 1.29 is 13.9 Å². The van der Waals surface area contributed by atoms with Crippen LogP contribution >= 0.6 is 0 Å². The van der Waals surface area contributed by atoms with Gasteiger partial charge in [0.05, 0.1) is 25.9 Å². The summed E-state index contributed by atoms with van der Waals surface area (Å²) in [4.78, 5) is 2.33. The first-order valence-electron chi connectivity index (χ1n) is 10.6. The lowest BCUT2D eigenvalue weighted by Crippen LogP contribution is -2.36. The third-order valence-corrected chi connectivity index (χ3v) is 5.64. The molecule has 1 fully saturated rings. The number of benzene rings is 3. The van der Waals surface area contributed by atoms with Gasteiger partial charge in [-0.05, 0) is 66.7 Å². The van der Waals surface area contributed by atoms with Crippen LogP contribution in [0, 0.1) is 11.8 Å². The molecule has 0 unspecified atom stereocenters. The van der Waals surface area contributed by atoms with Gasteiger partial charge in [0.2, 0.25) is 0 Å². The third-order valence-electron chi connectivity index (χ3n) is 5.64. The number of nitrogen functional groups attached to an aromatic ring is 1. The minimum atomic E-state index is 0.721. The topological polar surface area (TPSA) is 60.9 Å². The van der Waals surface area contributed by atoms with E-state index in [1.807, 2.05) is 54.6 Å². The average molecular weight is 425 g/mol. The summed E-state index contributed by atoms with van der Waals surface area (Å²) in [6, 6.07) is 21.7. The molecule has 1 saturated heterocycles. The molecular weight excluding hydrogens is 400 g/mol. The molecule has 5 rings (SSSR count). The molecule has 0 aliphatic carbocycles. The molecule has 2 N–H and O–H groups in total. The molecule has 3 aromatic carbocycles. The number of rotatable bonds is 3. The van der Waals surface area contributed by atoms with Crippen LogP contribution in [0.3, 0.4) is 0 Å². The van der Waals surface area contributed by atoms with Crippen LogP contribution in [0.5, 0.6) is 5.75 Å². The van der Waals surface area contributed by atoms with E-state index in [1.54, 1.807) is 7.11 Å². The lowest BCUT2D eigenvalue weighted by molar-refractivity contribution is 0.122. The highest BCUT2D eigenvalue weighted by molar-refractivity contribution is 5.93. The Hall–Kier alpha value is -3.88. The number of anilines is 2. The fraction of sp³-hybridized carbons (Fsp3) is 0.185. The Bertz CT molecular complexity index is 1290. The van der Waals surface area contributed by atoms with Crippen LogP contribution in [-0.4, -0.2) is 33.4 Å². The first kappa shape index (κ1) is 20.0. The largest absolute Gasteiger partial charge is 0.497 e. The smallest absolute Gasteiger partial charge is 0.151 e. The second kappa shape index (κ2) is 8.70. The maximum atomic E-state index is 6.30. The minimum Gasteiger partial charge on any atom is -0.497 e. The van der Waals surface area contributed by atoms with E-state index in [0.29, 0.717) is 0 Å². The van der Waals surface area contributed by atoms with E-state index in [-0.39, 0.29) is 0 Å². The van der Waals surface area contributed by atoms with Crippen molar-refractivity contribution in [3.63, 3.8) is 0 Å². The number of morpholine rings is 1. The Labute approximate surface area is 187 Å². The SMILES string of the molecule is COc1ccc(-c2oc3ccc(N4CCOCC4)cc3c2C#Cc2ccc(N)cc2)cc1. The maximum absolute atomic E-state index is 6.30. The molecule has 0 amide bonds. The molecule has 2 heterocycles. The van der Waals surface area contributed by atoms with Gasteiger partial charge < -0.3 is 24.5 Å². The number of hydrogen-bond acceptors (Lipinski definition) is 5. The standard InChI is InChI=1S/C27H24N2O3/c1-30-23-10-5-20(6-11-23)27-24(12-4-19-2-7-21(28)8-3-19)25-18-22(9-13-26(25)32-27)29-14-16-31-17-15-29/h2-3,5-11,13,18H,14-17,28H2,1H3. The van der Waals surface area contributed by atoms with Crippen LogP contribution in [-0.2, 0) is 4.74 Å². The zero-order chi connectivity index (χ0) is 21.9. The van der Waals surface area contributed by atoms with E-state index in [9.17, 15) is 0 Å². The van der Waals surface area contributed by atoms with Crippen molar-refractivity contribution in [3.8, 4) is 28.9 Å². The van der Waals surface area contributed by atoms with Crippen molar-refractivity contribution in [1.82, 2.24) is 0 Å². The van der Waals surface area contributed by atoms with E-state index < -0.39 is 0 Å². The Balaban J connectivity index is 1.64. The Morgan fingerprint density at radius 3 is 2.38 bits per heavy atom. The molecule has 1 aliphatic rings. The van der Waals surface area contributed by atoms with Gasteiger partial charge in [0.1, 0.15) is 11.3 Å². The van der Waals surface area contributed by atoms with Crippen molar-refractivity contribution in [3.05, 3.63) is 77.9 Å². The predicted octanol–water partition coefficient (Wildman–Crippen LogP) is 4.93. The molecule has 5 heteroatoms. The average Bonchev–Trinajstić information content (AvgIpc) is 3.22. The van der Waals surface area contributed by atoms with E-state index in [0.717, 1.165) is 76.8 Å². The Kier molecular flexibility index (Phi) is 5.45. The van der Waals surface area contributed by atoms with E-state index in [2.05, 4.69) is 28.9 Å². The monoisotopic (exact) mass is 424 g/mol. The summed E-state index contributed by atoms with van der Waals surface area (Å²) in [7, 11) is 1.66. The number of nitrogens with zero attached hydrogens (tertiary/aromatic N) is 1. The predicted molar refractivity (Wildman–Crippen MR) is 128 cm³/mol. The van der Waals surface area contributed by atoms with Crippen LogP contribution in [0.15, 0.2) is 71.1 Å². The van der Waals surface area contributed by atoms with Gasteiger partial charge in [-0.2, -0.15) is 0 Å². The first-order valence-corrected chi connectivity index (χ1v) is 10.6. The van der Waals surface area contributed by atoms with Crippen molar-refractivity contribution in [2.75, 3.05) is 44.0 Å². The molecular formula is C27H24N2O3. The molecule has 1 aliphatic heterocycles. The van der Waals surface area contributed by atoms with Gasteiger partial charge in [-0.1, -0.05) is 11.8 Å². The number of ether oxygens (including phenoxy) is 2. The van der Waals surface area contributed by atoms with Crippen LogP contribution in [0.25, 0.3) is 22.3 Å². The summed E-state index contributed by atoms with van der Waals surface area (Å²) >= 11 is 0. The zero-order valence-electron chi connectivity index (χ0n) is 17.9. The summed E-state index contributed by atoms with van der Waals surface area (Å²) in [5.41, 5.74) is 11.2. The molecule has 0 saturated carbocycles. The van der Waals surface area contributed by atoms with Crippen molar-refractivity contribution in [2.24, 2.45) is 0 Å². The van der Waals surface area contributed by atoms with Gasteiger partial charge in [0, 0.05) is 41.0 Å². The molecule has 0 radical (unpaired) electrons. The quantitative estimate of drug-likeness (QED) is 0.373. The number of fused-ring (bicyclic) bond motifs is 1. The van der Waals surface area contributed by atoms with E-state index in [1.165, 1.54) is 0 Å². The molecule has 32 heavy (non-hydrogen) atoms. The Morgan fingerprint density at radius 2 is 1.66 bits per heavy atom. The fourth-order valence-corrected chi connectivity index (χ4v) is 3.87. The Morgan fingerprint density at radius 1 is 0.906 bits per heavy atom. The van der Waals surface area contributed by atoms with Crippen LogP contribution in [0.2, 0.25) is 0 Å². The second-order valence-electron chi connectivity index (χ2n) is 7.69. The van der Waals surface area contributed by atoms with Gasteiger partial charge in [0.25, 0.3) is 0 Å². The van der Waals surface area contributed by atoms with Crippen LogP contribution in [0.4, 0.5) is 11.4 Å². The molecule has 1 aromatic heterocycles. The first-order chi connectivity index (χ1) is 15.7. The zero-order valence-corrected chi connectivity index (χ0v) is 17.9. The molecule has 160 valence electrons. The summed E-state index contributed by atoms with van der Waals surface area (Å²) in [6.07, 6.45) is 0. The van der Waals surface area contributed by atoms with Crippen molar-refractivity contribution in [2.45, 2.75) is 0 Å². The van der Waals surface area contributed by atoms with Gasteiger partial charge >= 0.3 is 0 Å². The van der Waals surface area contributed by atoms with Gasteiger partial charge in [0.15, 0.2) is 5.76 Å². The summed E-state index contributed by atoms with van der Waals surface area (Å²) in [5.74, 6) is 8.20. The summed E-state index contributed by atoms with van der Waals surface area (Å²) < 4.78 is 17.1. The molecule has 0 atom stereocenters. The highest BCUT2D eigenvalue weighted by Crippen LogP contribution is 2.36. The third kappa shape index (κ3) is 4.01. The van der Waals surface area contributed by atoms with Crippen LogP contribution < -0.4 is 15.4 Å². The second-order valence-corrected chi connectivity index (χ2v) is 7.69. The van der Waals surface area contributed by atoms with E-state index in [4.69, 9.17) is 19.6 Å². The maximum Gasteiger partial charge on any atom is 0.151 e. The number of furan rings is 1. The lowest BCUT2D eigenvalue weighted by Gasteiger charge is -2.28. The van der Waals surface area contributed by atoms with E-state index >= 15 is 0 Å². The number of nitrogens with two attached hydrogens (primary N) is 1. The number of hydrogen-bond donors (Lipinski definition) is 1. The summed E-state index contributed by atoms with van der Waals surface area (Å²) in [5, 5.41) is 1.00. The minimum absolute atomic E-state index is 0.721. The molecule has 4 aromatic rings. The number of methoxy groups -OCH3 is 1. The molecule has 0 spiro atoms. The van der Waals surface area contributed by atoms with Crippen molar-refractivity contribution in [1.29, 1.82) is 0 Å². The lowest BCUT2D eigenvalue weighted by atomic mass is 10.0. The van der Waals surface area contributed by atoms with Gasteiger partial charge in [-0.25, -0.2) is 0 Å². The highest BCUT2D eigenvalue weighted by Gasteiger charge is 2.18. The fourth-order valence-electron chi connectivity index (χ4n) is 3.87. The van der Waals surface area contributed by atoms with Crippen molar-refractivity contribution >= 4 is 22.3 Å². The van der Waals surface area contributed by atoms with Gasteiger partial charge in [-0.15, -0.1) is 0 Å².